The number of aromatic nitrogens is 3. The Morgan fingerprint density at radius 1 is 1.30 bits per heavy atom. The van der Waals surface area contributed by atoms with Crippen molar-refractivity contribution in [2.75, 3.05) is 18.4 Å². The van der Waals surface area contributed by atoms with Crippen molar-refractivity contribution in [3.05, 3.63) is 47.5 Å². The molecule has 9 heteroatoms. The first-order valence-corrected chi connectivity index (χ1v) is 12.0. The van der Waals surface area contributed by atoms with Crippen molar-refractivity contribution < 1.29 is 13.2 Å². The van der Waals surface area contributed by atoms with Crippen LogP contribution in [0.15, 0.2) is 30.7 Å². The molecule has 160 valence electrons. The maximum Gasteiger partial charge on any atom is 0.223 e. The summed E-state index contributed by atoms with van der Waals surface area (Å²) >= 11 is 0. The van der Waals surface area contributed by atoms with Crippen molar-refractivity contribution in [1.82, 2.24) is 19.9 Å². The monoisotopic (exact) mass is 429 g/mol. The molecule has 30 heavy (non-hydrogen) atoms. The van der Waals surface area contributed by atoms with Gasteiger partial charge in [-0.2, -0.15) is 0 Å². The molecule has 0 aliphatic carbocycles. The Balaban J connectivity index is 1.54. The minimum Gasteiger partial charge on any atom is -0.350 e. The van der Waals surface area contributed by atoms with Crippen molar-refractivity contribution in [1.29, 1.82) is 0 Å². The summed E-state index contributed by atoms with van der Waals surface area (Å²) in [7, 11) is -3.34. The predicted octanol–water partition coefficient (Wildman–Crippen LogP) is 2.14. The lowest BCUT2D eigenvalue weighted by Crippen LogP contribution is -2.35. The number of sulfone groups is 1. The highest BCUT2D eigenvalue weighted by molar-refractivity contribution is 7.91. The molecule has 1 saturated heterocycles. The molecule has 8 nitrogen and oxygen atoms in total. The molecule has 4 rings (SSSR count). The van der Waals surface area contributed by atoms with Gasteiger partial charge in [0.05, 0.1) is 16.7 Å². The molecule has 0 radical (unpaired) electrons. The number of fused-ring (bicyclic) bond motifs is 3. The highest BCUT2D eigenvalue weighted by atomic mass is 32.2. The maximum absolute atomic E-state index is 12.8. The number of nitrogens with one attached hydrogen (secondary N) is 1. The van der Waals surface area contributed by atoms with Crippen molar-refractivity contribution in [3.63, 3.8) is 0 Å². The second-order valence-corrected chi connectivity index (χ2v) is 10.7. The van der Waals surface area contributed by atoms with Crippen LogP contribution in [0.1, 0.15) is 49.4 Å². The first-order valence-electron chi connectivity index (χ1n) is 10.3. The van der Waals surface area contributed by atoms with Crippen LogP contribution in [-0.4, -0.2) is 52.5 Å². The minimum absolute atomic E-state index is 0.0267. The van der Waals surface area contributed by atoms with Gasteiger partial charge in [-0.15, -0.1) is 0 Å². The molecule has 1 fully saturated rings. The molecule has 2 atom stereocenters. The number of hydrogen-bond donors (Lipinski definition) is 1. The van der Waals surface area contributed by atoms with E-state index in [0.29, 0.717) is 36.9 Å². The van der Waals surface area contributed by atoms with E-state index in [1.807, 2.05) is 12.1 Å². The van der Waals surface area contributed by atoms with Gasteiger partial charge in [-0.1, -0.05) is 19.9 Å². The molecule has 2 aliphatic heterocycles. The van der Waals surface area contributed by atoms with E-state index in [1.165, 1.54) is 0 Å². The lowest BCUT2D eigenvalue weighted by molar-refractivity contribution is -0.130. The van der Waals surface area contributed by atoms with Gasteiger partial charge in [-0.25, -0.2) is 18.4 Å². The van der Waals surface area contributed by atoms with Crippen molar-refractivity contribution in [2.24, 2.45) is 5.92 Å². The van der Waals surface area contributed by atoms with Crippen molar-refractivity contribution in [3.8, 4) is 0 Å². The van der Waals surface area contributed by atoms with Crippen LogP contribution < -0.4 is 5.32 Å². The molecule has 4 heterocycles. The number of likely N-dealkylation sites (tertiary alicyclic amines) is 1. The predicted molar refractivity (Wildman–Crippen MR) is 113 cm³/mol. The van der Waals surface area contributed by atoms with Crippen LogP contribution in [0.25, 0.3) is 0 Å². The summed E-state index contributed by atoms with van der Waals surface area (Å²) in [5, 5.41) is 2.60. The summed E-state index contributed by atoms with van der Waals surface area (Å²) in [6, 6.07) is 3.82. The van der Waals surface area contributed by atoms with Crippen LogP contribution in [0.4, 0.5) is 5.95 Å². The number of carbonyl (C=O) groups is 1. The quantitative estimate of drug-likeness (QED) is 0.750. The fourth-order valence-electron chi connectivity index (χ4n) is 4.12. The number of rotatable bonds is 6. The average molecular weight is 430 g/mol. The average Bonchev–Trinajstić information content (AvgIpc) is 3.18. The third-order valence-corrected chi connectivity index (χ3v) is 7.91. The molecule has 1 N–H and O–H groups in total. The molecule has 0 unspecified atom stereocenters. The lowest BCUT2D eigenvalue weighted by Gasteiger charge is -2.26. The van der Waals surface area contributed by atoms with E-state index >= 15 is 0 Å². The topological polar surface area (TPSA) is 105 Å². The standard InChI is InChI=1S/C21H27N5O3S/c1-14(2)5-6-19(27)26-11-17-18(12-26)30(28,29)13-16-10-24-21(25-20(16)17)23-9-15-4-3-7-22-8-15/h3-4,7-8,10,14,17-18H,5-6,9,11-13H2,1-2H3,(H,23,24,25)/t17-,18+/m1/s1. The van der Waals surface area contributed by atoms with Gasteiger partial charge < -0.3 is 10.2 Å². The van der Waals surface area contributed by atoms with E-state index in [4.69, 9.17) is 0 Å². The van der Waals surface area contributed by atoms with Crippen LogP contribution in [0.3, 0.4) is 0 Å². The second kappa shape index (κ2) is 8.29. The molecule has 1 amide bonds. The summed E-state index contributed by atoms with van der Waals surface area (Å²) in [6.07, 6.45) is 6.34. The number of nitrogens with zero attached hydrogens (tertiary/aromatic N) is 4. The van der Waals surface area contributed by atoms with E-state index in [9.17, 15) is 13.2 Å². The van der Waals surface area contributed by atoms with Gasteiger partial charge in [0, 0.05) is 56.1 Å². The summed E-state index contributed by atoms with van der Waals surface area (Å²) in [6.45, 7) is 5.33. The van der Waals surface area contributed by atoms with E-state index in [0.717, 1.165) is 17.7 Å². The molecule has 0 bridgehead atoms. The van der Waals surface area contributed by atoms with E-state index in [2.05, 4.69) is 34.1 Å². The number of amides is 1. The summed E-state index contributed by atoms with van der Waals surface area (Å²) in [5.41, 5.74) is 2.39. The molecule has 0 aromatic carbocycles. The highest BCUT2D eigenvalue weighted by Gasteiger charge is 2.48. The zero-order valence-corrected chi connectivity index (χ0v) is 18.1. The number of carbonyl (C=O) groups excluding carboxylic acids is 1. The van der Waals surface area contributed by atoms with Gasteiger partial charge >= 0.3 is 0 Å². The van der Waals surface area contributed by atoms with Gasteiger partial charge in [-0.3, -0.25) is 9.78 Å². The Hall–Kier alpha value is -2.55. The smallest absolute Gasteiger partial charge is 0.223 e. The van der Waals surface area contributed by atoms with Crippen LogP contribution in [-0.2, 0) is 26.9 Å². The van der Waals surface area contributed by atoms with Gasteiger partial charge in [0.2, 0.25) is 11.9 Å². The zero-order chi connectivity index (χ0) is 21.3. The molecule has 0 saturated carbocycles. The fraction of sp³-hybridized carbons (Fsp3) is 0.524. The Morgan fingerprint density at radius 2 is 2.13 bits per heavy atom. The van der Waals surface area contributed by atoms with Crippen LogP contribution in [0.5, 0.6) is 0 Å². The maximum atomic E-state index is 12.8. The summed E-state index contributed by atoms with van der Waals surface area (Å²) in [5.74, 6) is 0.549. The zero-order valence-electron chi connectivity index (χ0n) is 17.3. The SMILES string of the molecule is CC(C)CCC(=O)N1C[C@H]2c3nc(NCc4cccnc4)ncc3CS(=O)(=O)[C@H]2C1. The first-order chi connectivity index (χ1) is 14.3. The Morgan fingerprint density at radius 3 is 2.87 bits per heavy atom. The molecular formula is C21H27N5O3S. The fourth-order valence-corrected chi connectivity index (χ4v) is 6.11. The van der Waals surface area contributed by atoms with Gasteiger partial charge in [0.15, 0.2) is 9.84 Å². The molecule has 2 aliphatic rings. The molecule has 0 spiro atoms. The van der Waals surface area contributed by atoms with E-state index in [1.54, 1.807) is 23.5 Å². The third-order valence-electron chi connectivity index (χ3n) is 5.80. The van der Waals surface area contributed by atoms with E-state index < -0.39 is 15.1 Å². The van der Waals surface area contributed by atoms with Crippen molar-refractivity contribution >= 4 is 21.7 Å². The summed E-state index contributed by atoms with van der Waals surface area (Å²) in [4.78, 5) is 27.4. The number of anilines is 1. The number of pyridine rings is 1. The van der Waals surface area contributed by atoms with E-state index in [-0.39, 0.29) is 24.1 Å². The molecule has 2 aromatic rings. The summed E-state index contributed by atoms with van der Waals surface area (Å²) < 4.78 is 25.7. The van der Waals surface area contributed by atoms with Crippen LogP contribution >= 0.6 is 0 Å². The third kappa shape index (κ3) is 4.30. The molecular weight excluding hydrogens is 402 g/mol. The highest BCUT2D eigenvalue weighted by Crippen LogP contribution is 2.39. The Labute approximate surface area is 177 Å². The van der Waals surface area contributed by atoms with Crippen LogP contribution in [0, 0.1) is 5.92 Å². The Bertz CT molecular complexity index is 1030. The molecule has 2 aromatic heterocycles. The van der Waals surface area contributed by atoms with Crippen LogP contribution in [0.2, 0.25) is 0 Å². The second-order valence-electron chi connectivity index (χ2n) is 8.50. The van der Waals surface area contributed by atoms with Crippen molar-refractivity contribution in [2.45, 2.75) is 50.2 Å². The van der Waals surface area contributed by atoms with Gasteiger partial charge in [0.25, 0.3) is 0 Å². The normalized spacial score (nSPS) is 21.9. The van der Waals surface area contributed by atoms with Gasteiger partial charge in [-0.05, 0) is 24.0 Å². The number of hydrogen-bond acceptors (Lipinski definition) is 7. The first kappa shape index (κ1) is 20.7. The lowest BCUT2D eigenvalue weighted by atomic mass is 10.00. The minimum atomic E-state index is -3.34. The Kier molecular flexibility index (Phi) is 5.73. The largest absolute Gasteiger partial charge is 0.350 e. The van der Waals surface area contributed by atoms with Gasteiger partial charge in [0.1, 0.15) is 0 Å².